The summed E-state index contributed by atoms with van der Waals surface area (Å²) in [5.74, 6) is -0.990. The third-order valence-corrected chi connectivity index (χ3v) is 0.884. The Hall–Kier alpha value is -1.38. The lowest BCUT2D eigenvalue weighted by molar-refractivity contribution is 0.0690. The zero-order valence-electron chi connectivity index (χ0n) is 7.32. The molecule has 0 spiro atoms. The number of rotatable bonds is 1. The lowest BCUT2D eigenvalue weighted by Gasteiger charge is -1.87. The van der Waals surface area contributed by atoms with Crippen LogP contribution in [0.2, 0.25) is 0 Å². The summed E-state index contributed by atoms with van der Waals surface area (Å²) in [6.07, 6.45) is 2.70. The number of hydrogen-bond donors (Lipinski definition) is 1. The molecule has 0 atom stereocenters. The molecular formula is C9H13NO2. The summed E-state index contributed by atoms with van der Waals surface area (Å²) in [6.45, 7) is 4.25. The molecule has 0 aliphatic carbocycles. The average Bonchev–Trinajstić information content (AvgIpc) is 2.07. The zero-order chi connectivity index (χ0) is 9.40. The van der Waals surface area contributed by atoms with Gasteiger partial charge >= 0.3 is 5.97 Å². The van der Waals surface area contributed by atoms with E-state index < -0.39 is 5.97 Å². The van der Waals surface area contributed by atoms with Crippen molar-refractivity contribution in [2.45, 2.75) is 20.3 Å². The molecule has 66 valence electrons. The van der Waals surface area contributed by atoms with Gasteiger partial charge in [-0.25, -0.2) is 9.78 Å². The van der Waals surface area contributed by atoms with Crippen LogP contribution in [0.5, 0.6) is 0 Å². The standard InChI is InChI=1S/C6H5NO2.C3H8/c8-6(9)5-3-1-2-4-7-5;1-3-2/h1-4H,(H,8,9);3H2,1-2H3. The van der Waals surface area contributed by atoms with Gasteiger partial charge in [0.2, 0.25) is 0 Å². The van der Waals surface area contributed by atoms with Crippen molar-refractivity contribution < 1.29 is 9.90 Å². The molecule has 1 heterocycles. The molecule has 12 heavy (non-hydrogen) atoms. The minimum absolute atomic E-state index is 0.0810. The van der Waals surface area contributed by atoms with Gasteiger partial charge in [-0.05, 0) is 12.1 Å². The van der Waals surface area contributed by atoms with Crippen molar-refractivity contribution in [3.05, 3.63) is 30.1 Å². The predicted molar refractivity (Wildman–Crippen MR) is 47.2 cm³/mol. The molecule has 0 saturated heterocycles. The highest BCUT2D eigenvalue weighted by molar-refractivity contribution is 5.85. The van der Waals surface area contributed by atoms with E-state index in [0.29, 0.717) is 0 Å². The summed E-state index contributed by atoms with van der Waals surface area (Å²) in [5.41, 5.74) is 0.0810. The molecule has 0 aromatic carbocycles. The summed E-state index contributed by atoms with van der Waals surface area (Å²) in [4.78, 5) is 13.7. The molecule has 1 N–H and O–H groups in total. The molecule has 1 aromatic heterocycles. The maximum absolute atomic E-state index is 10.1. The van der Waals surface area contributed by atoms with Crippen molar-refractivity contribution in [3.8, 4) is 0 Å². The van der Waals surface area contributed by atoms with Crippen molar-refractivity contribution in [2.75, 3.05) is 0 Å². The van der Waals surface area contributed by atoms with Gasteiger partial charge in [-0.2, -0.15) is 0 Å². The maximum atomic E-state index is 10.1. The van der Waals surface area contributed by atoms with E-state index in [1.807, 2.05) is 0 Å². The molecule has 0 aliphatic rings. The first-order valence-corrected chi connectivity index (χ1v) is 3.86. The van der Waals surface area contributed by atoms with E-state index in [-0.39, 0.29) is 5.69 Å². The number of hydrogen-bond acceptors (Lipinski definition) is 2. The Labute approximate surface area is 72.1 Å². The van der Waals surface area contributed by atoms with E-state index in [4.69, 9.17) is 5.11 Å². The fourth-order valence-electron chi connectivity index (χ4n) is 0.489. The number of nitrogens with zero attached hydrogens (tertiary/aromatic N) is 1. The molecule has 0 amide bonds. The number of carboxylic acids is 1. The van der Waals surface area contributed by atoms with Crippen molar-refractivity contribution in [1.82, 2.24) is 4.98 Å². The quantitative estimate of drug-likeness (QED) is 0.697. The van der Waals surface area contributed by atoms with Crippen molar-refractivity contribution >= 4 is 5.97 Å². The predicted octanol–water partition coefficient (Wildman–Crippen LogP) is 2.20. The summed E-state index contributed by atoms with van der Waals surface area (Å²) in [6, 6.07) is 4.76. The molecule has 0 bridgehead atoms. The van der Waals surface area contributed by atoms with Crippen LogP contribution in [-0.2, 0) is 0 Å². The summed E-state index contributed by atoms with van der Waals surface area (Å²) in [5, 5.41) is 8.32. The smallest absolute Gasteiger partial charge is 0.354 e. The van der Waals surface area contributed by atoms with Crippen LogP contribution in [0.25, 0.3) is 0 Å². The minimum Gasteiger partial charge on any atom is -0.477 e. The molecule has 3 heteroatoms. The topological polar surface area (TPSA) is 50.2 Å². The fraction of sp³-hybridized carbons (Fsp3) is 0.333. The highest BCUT2D eigenvalue weighted by atomic mass is 16.4. The lowest BCUT2D eigenvalue weighted by Crippen LogP contribution is -1.97. The molecule has 0 radical (unpaired) electrons. The van der Waals surface area contributed by atoms with Gasteiger partial charge in [0.1, 0.15) is 5.69 Å². The highest BCUT2D eigenvalue weighted by Gasteiger charge is 1.98. The largest absolute Gasteiger partial charge is 0.477 e. The molecule has 0 aliphatic heterocycles. The van der Waals surface area contributed by atoms with Crippen LogP contribution in [0.4, 0.5) is 0 Å². The molecule has 0 unspecified atom stereocenters. The van der Waals surface area contributed by atoms with Gasteiger partial charge in [-0.3, -0.25) is 0 Å². The van der Waals surface area contributed by atoms with Crippen molar-refractivity contribution in [1.29, 1.82) is 0 Å². The number of pyridine rings is 1. The Kier molecular flexibility index (Phi) is 5.61. The van der Waals surface area contributed by atoms with Crippen LogP contribution in [0, 0.1) is 0 Å². The first kappa shape index (κ1) is 10.6. The van der Waals surface area contributed by atoms with E-state index in [2.05, 4.69) is 18.8 Å². The molecule has 1 rings (SSSR count). The SMILES string of the molecule is CCC.O=C(O)c1ccccn1. The second-order valence-corrected chi connectivity index (χ2v) is 2.23. The first-order chi connectivity index (χ1) is 5.72. The summed E-state index contributed by atoms with van der Waals surface area (Å²) >= 11 is 0. The van der Waals surface area contributed by atoms with Crippen LogP contribution in [-0.4, -0.2) is 16.1 Å². The van der Waals surface area contributed by atoms with Crippen LogP contribution in [0.15, 0.2) is 24.4 Å². The normalized spacial score (nSPS) is 8.17. The van der Waals surface area contributed by atoms with E-state index in [0.717, 1.165) is 0 Å². The monoisotopic (exact) mass is 167 g/mol. The van der Waals surface area contributed by atoms with Gasteiger partial charge in [-0.1, -0.05) is 26.3 Å². The number of carbonyl (C=O) groups is 1. The van der Waals surface area contributed by atoms with Gasteiger partial charge in [0.15, 0.2) is 0 Å². The third-order valence-electron chi connectivity index (χ3n) is 0.884. The zero-order valence-corrected chi connectivity index (χ0v) is 7.32. The minimum atomic E-state index is -0.990. The molecule has 1 aromatic rings. The van der Waals surface area contributed by atoms with Crippen LogP contribution < -0.4 is 0 Å². The van der Waals surface area contributed by atoms with E-state index in [1.54, 1.807) is 12.1 Å². The van der Waals surface area contributed by atoms with Crippen molar-refractivity contribution in [3.63, 3.8) is 0 Å². The summed E-state index contributed by atoms with van der Waals surface area (Å²) in [7, 11) is 0. The maximum Gasteiger partial charge on any atom is 0.354 e. The Morgan fingerprint density at radius 3 is 2.33 bits per heavy atom. The van der Waals surface area contributed by atoms with Crippen LogP contribution >= 0.6 is 0 Å². The number of aromatic carboxylic acids is 1. The second-order valence-electron chi connectivity index (χ2n) is 2.23. The second kappa shape index (κ2) is 6.34. The Morgan fingerprint density at radius 2 is 2.08 bits per heavy atom. The van der Waals surface area contributed by atoms with E-state index >= 15 is 0 Å². The molecular weight excluding hydrogens is 154 g/mol. The molecule has 0 fully saturated rings. The Morgan fingerprint density at radius 1 is 1.50 bits per heavy atom. The van der Waals surface area contributed by atoms with Crippen molar-refractivity contribution in [2.24, 2.45) is 0 Å². The lowest BCUT2D eigenvalue weighted by atomic mass is 10.4. The fourth-order valence-corrected chi connectivity index (χ4v) is 0.489. The van der Waals surface area contributed by atoms with Gasteiger partial charge < -0.3 is 5.11 Å². The van der Waals surface area contributed by atoms with E-state index in [9.17, 15) is 4.79 Å². The highest BCUT2D eigenvalue weighted by Crippen LogP contribution is 1.90. The van der Waals surface area contributed by atoms with Gasteiger partial charge in [0, 0.05) is 6.20 Å². The Balaban J connectivity index is 0.000000354. The third kappa shape index (κ3) is 4.44. The Bertz CT molecular complexity index is 221. The van der Waals surface area contributed by atoms with Gasteiger partial charge in [0.25, 0.3) is 0 Å². The number of carboxylic acid groups (broad SMARTS) is 1. The van der Waals surface area contributed by atoms with Gasteiger partial charge in [0.05, 0.1) is 0 Å². The van der Waals surface area contributed by atoms with E-state index in [1.165, 1.54) is 18.7 Å². The summed E-state index contributed by atoms with van der Waals surface area (Å²) < 4.78 is 0. The first-order valence-electron chi connectivity index (χ1n) is 3.86. The van der Waals surface area contributed by atoms with Crippen LogP contribution in [0.3, 0.4) is 0 Å². The molecule has 3 nitrogen and oxygen atoms in total. The number of aromatic nitrogens is 1. The van der Waals surface area contributed by atoms with Crippen LogP contribution in [0.1, 0.15) is 30.8 Å². The molecule has 0 saturated carbocycles. The van der Waals surface area contributed by atoms with Gasteiger partial charge in [-0.15, -0.1) is 0 Å². The average molecular weight is 167 g/mol.